The first-order valence-corrected chi connectivity index (χ1v) is 10.9. The molecule has 2 aliphatic rings. The number of fused-ring (bicyclic) bond motifs is 1. The fourth-order valence-electron chi connectivity index (χ4n) is 4.24. The fraction of sp³-hybridized carbons (Fsp3) is 0.320. The number of hydrogen-bond donors (Lipinski definition) is 0. The van der Waals surface area contributed by atoms with Gasteiger partial charge in [0.05, 0.1) is 32.6 Å². The lowest BCUT2D eigenvalue weighted by atomic mass is 10.0. The predicted octanol–water partition coefficient (Wildman–Crippen LogP) is 3.19. The summed E-state index contributed by atoms with van der Waals surface area (Å²) in [4.78, 5) is 27.2. The Bertz CT molecular complexity index is 1100. The molecule has 0 N–H and O–H groups in total. The van der Waals surface area contributed by atoms with Gasteiger partial charge in [0.1, 0.15) is 11.6 Å². The van der Waals surface area contributed by atoms with Gasteiger partial charge in [-0.2, -0.15) is 0 Å². The number of methoxy groups -OCH3 is 1. The zero-order chi connectivity index (χ0) is 21.9. The third-order valence-electron chi connectivity index (χ3n) is 6.01. The van der Waals surface area contributed by atoms with Crippen LogP contribution in [0, 0.1) is 0 Å². The Labute approximate surface area is 187 Å². The molecule has 0 radical (unpaired) electrons. The second-order valence-corrected chi connectivity index (χ2v) is 7.97. The molecule has 2 aromatic carbocycles. The lowest BCUT2D eigenvalue weighted by Gasteiger charge is -2.34. The monoisotopic (exact) mass is 430 g/mol. The van der Waals surface area contributed by atoms with Gasteiger partial charge in [-0.05, 0) is 24.3 Å². The van der Waals surface area contributed by atoms with Crippen molar-refractivity contribution in [2.45, 2.75) is 13.0 Å². The number of carbonyl (C=O) groups is 1. The third kappa shape index (κ3) is 4.03. The van der Waals surface area contributed by atoms with Crippen molar-refractivity contribution < 1.29 is 14.3 Å². The van der Waals surface area contributed by atoms with Crippen molar-refractivity contribution in [1.82, 2.24) is 14.9 Å². The summed E-state index contributed by atoms with van der Waals surface area (Å²) in [7, 11) is 1.62. The topological polar surface area (TPSA) is 67.8 Å². The summed E-state index contributed by atoms with van der Waals surface area (Å²) < 4.78 is 10.8. The van der Waals surface area contributed by atoms with Crippen molar-refractivity contribution in [2.75, 3.05) is 44.9 Å². The number of hydrogen-bond acceptors (Lipinski definition) is 6. The Hall–Kier alpha value is -3.45. The van der Waals surface area contributed by atoms with E-state index in [0.717, 1.165) is 47.3 Å². The first kappa shape index (κ1) is 20.5. The number of morpholine rings is 1. The van der Waals surface area contributed by atoms with E-state index in [1.165, 1.54) is 0 Å². The Morgan fingerprint density at radius 1 is 0.969 bits per heavy atom. The van der Waals surface area contributed by atoms with Crippen LogP contribution in [0.5, 0.6) is 5.75 Å². The molecular weight excluding hydrogens is 404 g/mol. The molecule has 1 aromatic heterocycles. The van der Waals surface area contributed by atoms with E-state index in [1.807, 2.05) is 59.5 Å². The first-order valence-electron chi connectivity index (χ1n) is 10.9. The van der Waals surface area contributed by atoms with Crippen molar-refractivity contribution in [2.24, 2.45) is 0 Å². The zero-order valence-electron chi connectivity index (χ0n) is 18.2. The quantitative estimate of drug-likeness (QED) is 0.633. The molecule has 5 rings (SSSR count). The number of benzene rings is 2. The molecule has 3 heterocycles. The Kier molecular flexibility index (Phi) is 5.73. The fourth-order valence-corrected chi connectivity index (χ4v) is 4.24. The minimum absolute atomic E-state index is 0.0124. The van der Waals surface area contributed by atoms with Gasteiger partial charge in [-0.15, -0.1) is 0 Å². The summed E-state index contributed by atoms with van der Waals surface area (Å²) in [6, 6.07) is 17.3. The van der Waals surface area contributed by atoms with Crippen LogP contribution in [0.3, 0.4) is 0 Å². The summed E-state index contributed by atoms with van der Waals surface area (Å²) in [6.07, 6.45) is 0.705. The van der Waals surface area contributed by atoms with Crippen LogP contribution >= 0.6 is 0 Å². The number of carbonyl (C=O) groups excluding carboxylic acids is 1. The largest absolute Gasteiger partial charge is 0.497 e. The highest BCUT2D eigenvalue weighted by molar-refractivity contribution is 5.94. The molecule has 3 aromatic rings. The van der Waals surface area contributed by atoms with Crippen LogP contribution < -0.4 is 9.64 Å². The maximum Gasteiger partial charge on any atom is 0.254 e. The number of nitrogens with zero attached hydrogens (tertiary/aromatic N) is 4. The molecule has 7 nitrogen and oxygen atoms in total. The highest BCUT2D eigenvalue weighted by Crippen LogP contribution is 2.31. The van der Waals surface area contributed by atoms with E-state index in [1.54, 1.807) is 7.11 Å². The van der Waals surface area contributed by atoms with Crippen LogP contribution in [0.1, 0.15) is 21.6 Å². The molecular formula is C25H26N4O3. The summed E-state index contributed by atoms with van der Waals surface area (Å²) >= 11 is 0. The Morgan fingerprint density at radius 2 is 1.72 bits per heavy atom. The Balaban J connectivity index is 1.49. The Morgan fingerprint density at radius 3 is 2.44 bits per heavy atom. The highest BCUT2D eigenvalue weighted by Gasteiger charge is 2.29. The number of ether oxygens (including phenoxy) is 2. The van der Waals surface area contributed by atoms with E-state index < -0.39 is 0 Å². The van der Waals surface area contributed by atoms with E-state index in [2.05, 4.69) is 4.90 Å². The van der Waals surface area contributed by atoms with Crippen molar-refractivity contribution in [3.8, 4) is 17.1 Å². The average Bonchev–Trinajstić information content (AvgIpc) is 2.88. The smallest absolute Gasteiger partial charge is 0.254 e. The van der Waals surface area contributed by atoms with Gasteiger partial charge in [-0.1, -0.05) is 30.3 Å². The average molecular weight is 431 g/mol. The summed E-state index contributed by atoms with van der Waals surface area (Å²) in [6.45, 7) is 4.05. The summed E-state index contributed by atoms with van der Waals surface area (Å²) in [5, 5.41) is 0. The van der Waals surface area contributed by atoms with Crippen LogP contribution in [-0.4, -0.2) is 60.7 Å². The van der Waals surface area contributed by atoms with Crippen molar-refractivity contribution in [1.29, 1.82) is 0 Å². The highest BCUT2D eigenvalue weighted by atomic mass is 16.5. The van der Waals surface area contributed by atoms with E-state index >= 15 is 0 Å². The molecule has 0 spiro atoms. The maximum atomic E-state index is 13.2. The number of amides is 1. The molecule has 0 atom stereocenters. The molecule has 1 fully saturated rings. The minimum atomic E-state index is 0.0124. The van der Waals surface area contributed by atoms with Gasteiger partial charge in [0.2, 0.25) is 0 Å². The molecule has 1 saturated heterocycles. The van der Waals surface area contributed by atoms with E-state index in [4.69, 9.17) is 19.4 Å². The summed E-state index contributed by atoms with van der Waals surface area (Å²) in [5.74, 6) is 2.41. The number of rotatable bonds is 4. The van der Waals surface area contributed by atoms with Crippen molar-refractivity contribution >= 4 is 11.7 Å². The summed E-state index contributed by atoms with van der Waals surface area (Å²) in [5.41, 5.74) is 3.73. The lowest BCUT2D eigenvalue weighted by molar-refractivity contribution is 0.0733. The second kappa shape index (κ2) is 8.96. The van der Waals surface area contributed by atoms with Crippen LogP contribution in [0.25, 0.3) is 11.4 Å². The maximum absolute atomic E-state index is 13.2. The lowest BCUT2D eigenvalue weighted by Crippen LogP contribution is -2.41. The standard InChI is InChI=1S/C25H26N4O3/c1-31-20-9-7-19(8-10-20)25(30)29-12-11-22-21(17-29)24(28-13-15-32-16-14-28)27-23(26-22)18-5-3-2-4-6-18/h2-10H,11-17H2,1H3. The predicted molar refractivity (Wildman–Crippen MR) is 122 cm³/mol. The zero-order valence-corrected chi connectivity index (χ0v) is 18.2. The molecule has 2 aliphatic heterocycles. The van der Waals surface area contributed by atoms with Gasteiger partial charge < -0.3 is 19.3 Å². The van der Waals surface area contributed by atoms with E-state index in [-0.39, 0.29) is 5.91 Å². The van der Waals surface area contributed by atoms with Gasteiger partial charge in [0, 0.05) is 42.7 Å². The molecule has 0 bridgehead atoms. The first-order chi connectivity index (χ1) is 15.7. The van der Waals surface area contributed by atoms with Crippen LogP contribution in [0.15, 0.2) is 54.6 Å². The van der Waals surface area contributed by atoms with Crippen LogP contribution in [-0.2, 0) is 17.7 Å². The molecule has 1 amide bonds. The number of aromatic nitrogens is 2. The molecule has 0 unspecified atom stereocenters. The van der Waals surface area contributed by atoms with E-state index in [9.17, 15) is 4.79 Å². The van der Waals surface area contributed by atoms with E-state index in [0.29, 0.717) is 38.3 Å². The SMILES string of the molecule is COc1ccc(C(=O)N2CCc3nc(-c4ccccc4)nc(N4CCOCC4)c3C2)cc1. The van der Waals surface area contributed by atoms with Gasteiger partial charge in [0.15, 0.2) is 5.82 Å². The van der Waals surface area contributed by atoms with Crippen LogP contribution in [0.2, 0.25) is 0 Å². The normalized spacial score (nSPS) is 15.9. The van der Waals surface area contributed by atoms with Gasteiger partial charge >= 0.3 is 0 Å². The van der Waals surface area contributed by atoms with Crippen molar-refractivity contribution in [3.63, 3.8) is 0 Å². The van der Waals surface area contributed by atoms with Crippen molar-refractivity contribution in [3.05, 3.63) is 71.4 Å². The van der Waals surface area contributed by atoms with Gasteiger partial charge in [-0.25, -0.2) is 9.97 Å². The molecule has 164 valence electrons. The van der Waals surface area contributed by atoms with Gasteiger partial charge in [0.25, 0.3) is 5.91 Å². The molecule has 7 heteroatoms. The molecule has 0 saturated carbocycles. The second-order valence-electron chi connectivity index (χ2n) is 7.97. The van der Waals surface area contributed by atoms with Crippen LogP contribution in [0.4, 0.5) is 5.82 Å². The molecule has 32 heavy (non-hydrogen) atoms. The number of anilines is 1. The minimum Gasteiger partial charge on any atom is -0.497 e. The van der Waals surface area contributed by atoms with Gasteiger partial charge in [-0.3, -0.25) is 4.79 Å². The molecule has 0 aliphatic carbocycles. The third-order valence-corrected chi connectivity index (χ3v) is 6.01.